The molecule has 0 bridgehead atoms. The Morgan fingerprint density at radius 1 is 1.48 bits per heavy atom. The summed E-state index contributed by atoms with van der Waals surface area (Å²) in [4.78, 5) is 12.4. The van der Waals surface area contributed by atoms with Crippen molar-refractivity contribution in [2.24, 2.45) is 5.92 Å². The number of aliphatic hydroxyl groups is 1. The Labute approximate surface area is 140 Å². The standard InChI is InChI=1S/C17H20ClN3O2/c1-17(11-22,14-6-7-14)20-16(23)13-8-19-21(10-13)9-12-4-2-3-5-15(12)18/h2-5,8,10,14,22H,6-7,9,11H2,1H3,(H,20,23). The molecule has 1 aromatic heterocycles. The number of benzene rings is 1. The minimum Gasteiger partial charge on any atom is -0.394 e. The summed E-state index contributed by atoms with van der Waals surface area (Å²) in [6.07, 6.45) is 5.33. The van der Waals surface area contributed by atoms with Crippen molar-refractivity contribution in [3.8, 4) is 0 Å². The maximum absolute atomic E-state index is 12.4. The Morgan fingerprint density at radius 3 is 2.87 bits per heavy atom. The van der Waals surface area contributed by atoms with Gasteiger partial charge in [-0.1, -0.05) is 29.8 Å². The molecule has 0 saturated heterocycles. The predicted octanol–water partition coefficient (Wildman–Crippen LogP) is 2.48. The first-order valence-corrected chi connectivity index (χ1v) is 8.09. The number of halogens is 1. The molecule has 5 nitrogen and oxygen atoms in total. The first-order chi connectivity index (χ1) is 11.0. The van der Waals surface area contributed by atoms with Crippen LogP contribution in [0.1, 0.15) is 35.7 Å². The van der Waals surface area contributed by atoms with Gasteiger partial charge < -0.3 is 10.4 Å². The zero-order valence-electron chi connectivity index (χ0n) is 13.0. The summed E-state index contributed by atoms with van der Waals surface area (Å²) in [5.41, 5.74) is 0.877. The zero-order valence-corrected chi connectivity index (χ0v) is 13.8. The number of aliphatic hydroxyl groups excluding tert-OH is 1. The van der Waals surface area contributed by atoms with Gasteiger partial charge in [-0.15, -0.1) is 0 Å². The van der Waals surface area contributed by atoms with E-state index in [0.29, 0.717) is 23.0 Å². The van der Waals surface area contributed by atoms with Crippen molar-refractivity contribution in [3.63, 3.8) is 0 Å². The number of hydrogen-bond donors (Lipinski definition) is 2. The van der Waals surface area contributed by atoms with E-state index in [1.54, 1.807) is 10.9 Å². The van der Waals surface area contributed by atoms with Gasteiger partial charge in [-0.2, -0.15) is 5.10 Å². The Bertz CT molecular complexity index is 711. The van der Waals surface area contributed by atoms with Gasteiger partial charge in [-0.3, -0.25) is 9.48 Å². The highest BCUT2D eigenvalue weighted by Gasteiger charge is 2.42. The number of aromatic nitrogens is 2. The van der Waals surface area contributed by atoms with Gasteiger partial charge in [-0.25, -0.2) is 0 Å². The Hall–Kier alpha value is -1.85. The van der Waals surface area contributed by atoms with Gasteiger partial charge >= 0.3 is 0 Å². The molecule has 1 heterocycles. The van der Waals surface area contributed by atoms with Crippen LogP contribution < -0.4 is 5.32 Å². The van der Waals surface area contributed by atoms with Gasteiger partial charge in [0.15, 0.2) is 0 Å². The van der Waals surface area contributed by atoms with E-state index in [1.807, 2.05) is 31.2 Å². The van der Waals surface area contributed by atoms with Gasteiger partial charge in [0, 0.05) is 11.2 Å². The van der Waals surface area contributed by atoms with Crippen LogP contribution in [0.5, 0.6) is 0 Å². The summed E-state index contributed by atoms with van der Waals surface area (Å²) in [7, 11) is 0. The SMILES string of the molecule is CC(CO)(NC(=O)c1cnn(Cc2ccccc2Cl)c1)C1CC1. The molecule has 0 radical (unpaired) electrons. The molecule has 1 unspecified atom stereocenters. The van der Waals surface area contributed by atoms with Crippen LogP contribution in [0.4, 0.5) is 0 Å². The van der Waals surface area contributed by atoms with Crippen molar-refractivity contribution in [2.45, 2.75) is 31.8 Å². The second kappa shape index (κ2) is 6.34. The summed E-state index contributed by atoms with van der Waals surface area (Å²) in [5, 5.41) is 17.4. The first-order valence-electron chi connectivity index (χ1n) is 7.71. The van der Waals surface area contributed by atoms with E-state index in [-0.39, 0.29) is 12.5 Å². The number of hydrogen-bond acceptors (Lipinski definition) is 3. The summed E-state index contributed by atoms with van der Waals surface area (Å²) in [5.74, 6) is 0.147. The van der Waals surface area contributed by atoms with E-state index in [0.717, 1.165) is 18.4 Å². The Balaban J connectivity index is 1.69. The van der Waals surface area contributed by atoms with Crippen LogP contribution in [0.2, 0.25) is 5.02 Å². The summed E-state index contributed by atoms with van der Waals surface area (Å²) >= 11 is 6.14. The highest BCUT2D eigenvalue weighted by atomic mass is 35.5. The smallest absolute Gasteiger partial charge is 0.254 e. The first kappa shape index (κ1) is 16.0. The summed E-state index contributed by atoms with van der Waals surface area (Å²) < 4.78 is 1.68. The molecule has 1 saturated carbocycles. The highest BCUT2D eigenvalue weighted by molar-refractivity contribution is 6.31. The molecule has 0 spiro atoms. The second-order valence-corrected chi connectivity index (χ2v) is 6.73. The molecular formula is C17H20ClN3O2. The average molecular weight is 334 g/mol. The lowest BCUT2D eigenvalue weighted by atomic mass is 9.96. The van der Waals surface area contributed by atoms with E-state index < -0.39 is 5.54 Å². The zero-order chi connectivity index (χ0) is 16.4. The molecule has 1 amide bonds. The van der Waals surface area contributed by atoms with Crippen molar-refractivity contribution >= 4 is 17.5 Å². The maximum atomic E-state index is 12.4. The van der Waals surface area contributed by atoms with Crippen molar-refractivity contribution in [1.82, 2.24) is 15.1 Å². The maximum Gasteiger partial charge on any atom is 0.254 e. The molecule has 23 heavy (non-hydrogen) atoms. The predicted molar refractivity (Wildman–Crippen MR) is 88.5 cm³/mol. The van der Waals surface area contributed by atoms with Crippen LogP contribution in [0.15, 0.2) is 36.7 Å². The number of nitrogens with zero attached hydrogens (tertiary/aromatic N) is 2. The molecule has 2 aromatic rings. The van der Waals surface area contributed by atoms with E-state index in [4.69, 9.17) is 11.6 Å². The van der Waals surface area contributed by atoms with Crippen LogP contribution in [-0.2, 0) is 6.54 Å². The third-order valence-corrected chi connectivity index (χ3v) is 4.76. The third-order valence-electron chi connectivity index (χ3n) is 4.39. The topological polar surface area (TPSA) is 67.2 Å². The van der Waals surface area contributed by atoms with Gasteiger partial charge in [0.05, 0.1) is 30.5 Å². The molecule has 0 aliphatic heterocycles. The molecule has 1 aliphatic rings. The normalized spacial score (nSPS) is 16.8. The van der Waals surface area contributed by atoms with Crippen LogP contribution in [0, 0.1) is 5.92 Å². The third kappa shape index (κ3) is 3.57. The van der Waals surface area contributed by atoms with E-state index >= 15 is 0 Å². The monoisotopic (exact) mass is 333 g/mol. The van der Waals surface area contributed by atoms with Crippen molar-refractivity contribution in [1.29, 1.82) is 0 Å². The van der Waals surface area contributed by atoms with E-state index in [1.165, 1.54) is 6.20 Å². The fourth-order valence-corrected chi connectivity index (χ4v) is 2.89. The van der Waals surface area contributed by atoms with Crippen molar-refractivity contribution < 1.29 is 9.90 Å². The van der Waals surface area contributed by atoms with E-state index in [9.17, 15) is 9.90 Å². The fraction of sp³-hybridized carbons (Fsp3) is 0.412. The minimum atomic E-state index is -0.554. The van der Waals surface area contributed by atoms with Crippen molar-refractivity contribution in [3.05, 3.63) is 52.8 Å². The summed E-state index contributed by atoms with van der Waals surface area (Å²) in [6.45, 7) is 2.33. The van der Waals surface area contributed by atoms with Crippen LogP contribution >= 0.6 is 11.6 Å². The average Bonchev–Trinajstić information content (AvgIpc) is 3.30. The minimum absolute atomic E-state index is 0.0584. The Morgan fingerprint density at radius 2 is 2.22 bits per heavy atom. The molecule has 122 valence electrons. The molecule has 6 heteroatoms. The van der Waals surface area contributed by atoms with Gasteiger partial charge in [0.2, 0.25) is 0 Å². The van der Waals surface area contributed by atoms with E-state index in [2.05, 4.69) is 10.4 Å². The quantitative estimate of drug-likeness (QED) is 0.853. The second-order valence-electron chi connectivity index (χ2n) is 6.32. The fourth-order valence-electron chi connectivity index (χ4n) is 2.69. The van der Waals surface area contributed by atoms with Crippen LogP contribution in [0.25, 0.3) is 0 Å². The highest BCUT2D eigenvalue weighted by Crippen LogP contribution is 2.39. The molecule has 3 rings (SSSR count). The number of amides is 1. The molecule has 1 aromatic carbocycles. The number of carbonyl (C=O) groups excluding carboxylic acids is 1. The van der Waals surface area contributed by atoms with Gasteiger partial charge in [0.25, 0.3) is 5.91 Å². The van der Waals surface area contributed by atoms with Crippen LogP contribution in [-0.4, -0.2) is 32.9 Å². The molecule has 1 aliphatic carbocycles. The summed E-state index contributed by atoms with van der Waals surface area (Å²) in [6, 6.07) is 7.55. The lowest BCUT2D eigenvalue weighted by Gasteiger charge is -2.28. The molecular weight excluding hydrogens is 314 g/mol. The Kier molecular flexibility index (Phi) is 4.41. The lowest BCUT2D eigenvalue weighted by Crippen LogP contribution is -2.50. The van der Waals surface area contributed by atoms with Gasteiger partial charge in [0.1, 0.15) is 0 Å². The van der Waals surface area contributed by atoms with Crippen molar-refractivity contribution in [2.75, 3.05) is 6.61 Å². The number of nitrogens with one attached hydrogen (secondary N) is 1. The molecule has 2 N–H and O–H groups in total. The molecule has 1 fully saturated rings. The largest absolute Gasteiger partial charge is 0.394 e. The molecule has 1 atom stereocenters. The van der Waals surface area contributed by atoms with Gasteiger partial charge in [-0.05, 0) is 37.3 Å². The lowest BCUT2D eigenvalue weighted by molar-refractivity contribution is 0.0824. The number of carbonyl (C=O) groups is 1. The van der Waals surface area contributed by atoms with Crippen LogP contribution in [0.3, 0.4) is 0 Å². The number of rotatable bonds is 6.